The summed E-state index contributed by atoms with van der Waals surface area (Å²) in [6.45, 7) is 3.87. The van der Waals surface area contributed by atoms with Crippen LogP contribution in [0.4, 0.5) is 19.3 Å². The Morgan fingerprint density at radius 1 is 1.20 bits per heavy atom. The van der Waals surface area contributed by atoms with Crippen molar-refractivity contribution < 1.29 is 18.3 Å². The summed E-state index contributed by atoms with van der Waals surface area (Å²) in [7, 11) is 0. The number of ether oxygens (including phenoxy) is 1. The van der Waals surface area contributed by atoms with Crippen molar-refractivity contribution in [1.82, 2.24) is 5.32 Å². The number of anilines is 1. The van der Waals surface area contributed by atoms with Gasteiger partial charge in [0.25, 0.3) is 0 Å². The van der Waals surface area contributed by atoms with Crippen molar-refractivity contribution in [3.63, 3.8) is 0 Å². The zero-order valence-electron chi connectivity index (χ0n) is 11.5. The number of nitrogens with one attached hydrogen (secondary N) is 2. The second-order valence-corrected chi connectivity index (χ2v) is 4.33. The molecule has 1 aromatic rings. The molecule has 4 nitrogen and oxygen atoms in total. The first-order chi connectivity index (χ1) is 9.63. The smallest absolute Gasteiger partial charge is 0.319 e. The number of amides is 2. The van der Waals surface area contributed by atoms with Crippen LogP contribution in [-0.4, -0.2) is 25.8 Å². The van der Waals surface area contributed by atoms with Gasteiger partial charge >= 0.3 is 6.03 Å². The Morgan fingerprint density at radius 2 is 1.95 bits per heavy atom. The van der Waals surface area contributed by atoms with Gasteiger partial charge in [0.1, 0.15) is 0 Å². The van der Waals surface area contributed by atoms with E-state index in [9.17, 15) is 13.6 Å². The van der Waals surface area contributed by atoms with E-state index in [0.29, 0.717) is 19.6 Å². The third kappa shape index (κ3) is 6.47. The number of urea groups is 1. The van der Waals surface area contributed by atoms with Gasteiger partial charge in [-0.1, -0.05) is 13.3 Å². The van der Waals surface area contributed by atoms with Gasteiger partial charge in [0.15, 0.2) is 11.6 Å². The van der Waals surface area contributed by atoms with Crippen LogP contribution in [0.3, 0.4) is 0 Å². The molecule has 0 aliphatic rings. The number of hydrogen-bond donors (Lipinski definition) is 2. The highest BCUT2D eigenvalue weighted by atomic mass is 19.2. The molecule has 0 saturated heterocycles. The first-order valence-electron chi connectivity index (χ1n) is 6.71. The molecule has 1 rings (SSSR count). The Hall–Kier alpha value is -1.69. The lowest BCUT2D eigenvalue weighted by atomic mass is 10.3. The fourth-order valence-electron chi connectivity index (χ4n) is 1.47. The number of hydrogen-bond acceptors (Lipinski definition) is 2. The molecule has 0 unspecified atom stereocenters. The van der Waals surface area contributed by atoms with Crippen molar-refractivity contribution in [3.05, 3.63) is 29.8 Å². The molecule has 0 radical (unpaired) electrons. The average molecular weight is 286 g/mol. The van der Waals surface area contributed by atoms with E-state index in [4.69, 9.17) is 4.74 Å². The van der Waals surface area contributed by atoms with Gasteiger partial charge < -0.3 is 15.4 Å². The van der Waals surface area contributed by atoms with Crippen LogP contribution in [0.5, 0.6) is 0 Å². The predicted octanol–water partition coefficient (Wildman–Crippen LogP) is 3.29. The van der Waals surface area contributed by atoms with Crippen LogP contribution >= 0.6 is 0 Å². The monoisotopic (exact) mass is 286 g/mol. The van der Waals surface area contributed by atoms with Crippen molar-refractivity contribution in [3.8, 4) is 0 Å². The van der Waals surface area contributed by atoms with Crippen LogP contribution in [-0.2, 0) is 4.74 Å². The van der Waals surface area contributed by atoms with E-state index in [-0.39, 0.29) is 5.69 Å². The van der Waals surface area contributed by atoms with Gasteiger partial charge in [0, 0.05) is 31.5 Å². The van der Waals surface area contributed by atoms with E-state index < -0.39 is 17.7 Å². The minimum Gasteiger partial charge on any atom is -0.381 e. The van der Waals surface area contributed by atoms with Gasteiger partial charge in [-0.2, -0.15) is 0 Å². The van der Waals surface area contributed by atoms with Crippen molar-refractivity contribution in [2.75, 3.05) is 25.1 Å². The molecule has 2 amide bonds. The number of rotatable bonds is 8. The standard InChI is InChI=1S/C14H20F2N2O2/c1-2-3-8-20-9-4-7-17-14(19)18-11-5-6-12(15)13(16)10-11/h5-6,10H,2-4,7-9H2,1H3,(H2,17,18,19). The van der Waals surface area contributed by atoms with Crippen molar-refractivity contribution in [2.24, 2.45) is 0 Å². The molecule has 0 aromatic heterocycles. The van der Waals surface area contributed by atoms with Gasteiger partial charge in [-0.05, 0) is 25.0 Å². The first kappa shape index (κ1) is 16.4. The number of unbranched alkanes of at least 4 members (excludes halogenated alkanes) is 1. The average Bonchev–Trinajstić information content (AvgIpc) is 2.42. The number of halogens is 2. The van der Waals surface area contributed by atoms with Crippen LogP contribution in [0.15, 0.2) is 18.2 Å². The molecule has 0 spiro atoms. The fourth-order valence-corrected chi connectivity index (χ4v) is 1.47. The molecule has 0 fully saturated rings. The summed E-state index contributed by atoms with van der Waals surface area (Å²) < 4.78 is 31.0. The molecule has 20 heavy (non-hydrogen) atoms. The third-order valence-electron chi connectivity index (χ3n) is 2.57. The summed E-state index contributed by atoms with van der Waals surface area (Å²) in [5.74, 6) is -1.94. The second-order valence-electron chi connectivity index (χ2n) is 4.33. The zero-order valence-corrected chi connectivity index (χ0v) is 11.5. The summed E-state index contributed by atoms with van der Waals surface area (Å²) in [6.07, 6.45) is 2.83. The molecule has 6 heteroatoms. The molecule has 0 saturated carbocycles. The Balaban J connectivity index is 2.15. The molecule has 0 atom stereocenters. The Labute approximate surface area is 117 Å². The number of carbonyl (C=O) groups excluding carboxylic acids is 1. The SMILES string of the molecule is CCCCOCCCNC(=O)Nc1ccc(F)c(F)c1. The maximum Gasteiger partial charge on any atom is 0.319 e. The molecule has 0 aliphatic carbocycles. The maximum atomic E-state index is 12.9. The summed E-state index contributed by atoms with van der Waals surface area (Å²) in [4.78, 5) is 11.5. The highest BCUT2D eigenvalue weighted by Gasteiger charge is 2.05. The van der Waals surface area contributed by atoms with E-state index in [1.165, 1.54) is 6.07 Å². The normalized spacial score (nSPS) is 10.3. The summed E-state index contributed by atoms with van der Waals surface area (Å²) in [6, 6.07) is 2.74. The highest BCUT2D eigenvalue weighted by molar-refractivity contribution is 5.89. The molecular formula is C14H20F2N2O2. The van der Waals surface area contributed by atoms with Gasteiger partial charge in [0.2, 0.25) is 0 Å². The molecular weight excluding hydrogens is 266 g/mol. The minimum absolute atomic E-state index is 0.209. The molecule has 0 aliphatic heterocycles. The largest absolute Gasteiger partial charge is 0.381 e. The van der Waals surface area contributed by atoms with Crippen molar-refractivity contribution in [1.29, 1.82) is 0 Å². The minimum atomic E-state index is -0.993. The summed E-state index contributed by atoms with van der Waals surface area (Å²) in [5.41, 5.74) is 0.209. The lowest BCUT2D eigenvalue weighted by Gasteiger charge is -2.08. The zero-order chi connectivity index (χ0) is 14.8. The third-order valence-corrected chi connectivity index (χ3v) is 2.57. The Kier molecular flexibility index (Phi) is 7.57. The van der Waals surface area contributed by atoms with Gasteiger partial charge in [-0.15, -0.1) is 0 Å². The summed E-state index contributed by atoms with van der Waals surface area (Å²) >= 11 is 0. The Morgan fingerprint density at radius 3 is 2.65 bits per heavy atom. The number of carbonyl (C=O) groups is 1. The van der Waals surface area contributed by atoms with E-state index in [0.717, 1.165) is 31.6 Å². The lowest BCUT2D eigenvalue weighted by Crippen LogP contribution is -2.30. The molecule has 0 bridgehead atoms. The maximum absolute atomic E-state index is 12.9. The molecule has 1 aromatic carbocycles. The highest BCUT2D eigenvalue weighted by Crippen LogP contribution is 2.12. The van der Waals surface area contributed by atoms with E-state index >= 15 is 0 Å². The summed E-state index contributed by atoms with van der Waals surface area (Å²) in [5, 5.41) is 5.03. The first-order valence-corrected chi connectivity index (χ1v) is 6.71. The van der Waals surface area contributed by atoms with E-state index in [1.807, 2.05) is 0 Å². The second kappa shape index (κ2) is 9.25. The van der Waals surface area contributed by atoms with Crippen molar-refractivity contribution >= 4 is 11.7 Å². The van der Waals surface area contributed by atoms with Gasteiger partial charge in [-0.25, -0.2) is 13.6 Å². The number of benzene rings is 1. The molecule has 2 N–H and O–H groups in total. The van der Waals surface area contributed by atoms with E-state index in [1.54, 1.807) is 0 Å². The Bertz CT molecular complexity index is 428. The lowest BCUT2D eigenvalue weighted by molar-refractivity contribution is 0.129. The van der Waals surface area contributed by atoms with Crippen molar-refractivity contribution in [2.45, 2.75) is 26.2 Å². The van der Waals surface area contributed by atoms with E-state index in [2.05, 4.69) is 17.6 Å². The van der Waals surface area contributed by atoms with Crippen LogP contribution in [0.1, 0.15) is 26.2 Å². The van der Waals surface area contributed by atoms with Crippen LogP contribution in [0.25, 0.3) is 0 Å². The van der Waals surface area contributed by atoms with Gasteiger partial charge in [-0.3, -0.25) is 0 Å². The topological polar surface area (TPSA) is 50.4 Å². The molecule has 112 valence electrons. The van der Waals surface area contributed by atoms with Gasteiger partial charge in [0.05, 0.1) is 0 Å². The fraction of sp³-hybridized carbons (Fsp3) is 0.500. The quantitative estimate of drug-likeness (QED) is 0.720. The predicted molar refractivity (Wildman–Crippen MR) is 73.7 cm³/mol. The molecule has 0 heterocycles. The van der Waals surface area contributed by atoms with Crippen LogP contribution < -0.4 is 10.6 Å². The van der Waals surface area contributed by atoms with Crippen LogP contribution in [0, 0.1) is 11.6 Å². The van der Waals surface area contributed by atoms with Crippen LogP contribution in [0.2, 0.25) is 0 Å².